The Bertz CT molecular complexity index is 4850. The summed E-state index contributed by atoms with van der Waals surface area (Å²) in [7, 11) is 20.4. The van der Waals surface area contributed by atoms with Crippen LogP contribution in [0.3, 0.4) is 0 Å². The van der Waals surface area contributed by atoms with Crippen LogP contribution in [0.4, 0.5) is 46.0 Å². The SMILES string of the molecule is CN(C)CCCNC(=O)CCNC(=O)c1cc(NC(=O)c2nc(NC(=O)c3cc(NC(=O)c4cc(NC(=O)CCCNC(=O)c5cc(NC(=O)c6nc(NC(=O)c7nc(NC(=O)c8nc(NC(=O)CCNC(=O)CCCCCNC(=O)CCCCC9CCSS9)cn8C)cn7C)cn6C)cn5C)cn4C)cn3C)cn2C)cn1C. The van der Waals surface area contributed by atoms with Crippen LogP contribution in [0.2, 0.25) is 0 Å². The molecule has 1 aliphatic heterocycles. The Labute approximate surface area is 664 Å². The van der Waals surface area contributed by atoms with Crippen LogP contribution in [0, 0.1) is 0 Å². The second kappa shape index (κ2) is 40.8. The molecule has 8 aromatic heterocycles. The zero-order valence-corrected chi connectivity index (χ0v) is 66.9. The number of amides is 13. The van der Waals surface area contributed by atoms with Crippen LogP contribution in [0.25, 0.3) is 0 Å². The molecule has 1 fully saturated rings. The number of carbonyl (C=O) groups is 13. The molecular formula is C73H98N26O13S2. The Morgan fingerprint density at radius 1 is 0.342 bits per heavy atom. The molecule has 0 aromatic carbocycles. The first-order chi connectivity index (χ1) is 54.4. The van der Waals surface area contributed by atoms with Crippen LogP contribution in [-0.4, -0.2) is 203 Å². The summed E-state index contributed by atoms with van der Waals surface area (Å²) in [5, 5.41) is 36.2. The van der Waals surface area contributed by atoms with Gasteiger partial charge in [0.05, 0.1) is 22.7 Å². The molecule has 1 unspecified atom stereocenters. The van der Waals surface area contributed by atoms with E-state index in [1.807, 2.05) is 40.6 Å². The molecule has 0 saturated carbocycles. The van der Waals surface area contributed by atoms with Crippen molar-refractivity contribution in [1.29, 1.82) is 0 Å². The van der Waals surface area contributed by atoms with Gasteiger partial charge in [0.15, 0.2) is 23.3 Å². The van der Waals surface area contributed by atoms with E-state index < -0.39 is 59.1 Å². The van der Waals surface area contributed by atoms with E-state index >= 15 is 0 Å². The molecule has 41 heteroatoms. The number of carbonyl (C=O) groups excluding carboxylic acids is 13. The van der Waals surface area contributed by atoms with Crippen LogP contribution in [-0.2, 0) is 80.4 Å². The maximum absolute atomic E-state index is 13.5. The first-order valence-corrected chi connectivity index (χ1v) is 39.4. The van der Waals surface area contributed by atoms with E-state index in [0.29, 0.717) is 43.7 Å². The third kappa shape index (κ3) is 25.1. The Balaban J connectivity index is 0.643. The second-order valence-electron chi connectivity index (χ2n) is 27.7. The Morgan fingerprint density at radius 2 is 0.684 bits per heavy atom. The number of hydrogen-bond donors (Lipinski definition) is 13. The number of imidazole rings is 4. The van der Waals surface area contributed by atoms with Gasteiger partial charge in [0.2, 0.25) is 52.8 Å². The molecule has 114 heavy (non-hydrogen) atoms. The smallest absolute Gasteiger partial charge is 0.292 e. The number of nitrogens with zero attached hydrogens (tertiary/aromatic N) is 13. The average molecular weight is 1610 g/mol. The number of anilines is 8. The van der Waals surface area contributed by atoms with E-state index in [-0.39, 0.29) is 144 Å². The van der Waals surface area contributed by atoms with E-state index in [4.69, 9.17) is 0 Å². The molecule has 8 aromatic rings. The van der Waals surface area contributed by atoms with E-state index in [0.717, 1.165) is 50.3 Å². The molecule has 9 heterocycles. The molecule has 0 spiro atoms. The fraction of sp³-hybridized carbons (Fsp3) is 0.438. The minimum absolute atomic E-state index is 0.000318. The zero-order valence-electron chi connectivity index (χ0n) is 65.3. The molecule has 9 rings (SSSR count). The standard InChI is InChI=1S/C73H98N26O13S2/c1-91(2)30-17-27-75-59(102)22-29-78-67(106)50-34-47(39-93(50)4)82-70(109)62-85-54(41-97(62)8)88-69(108)52-35-45(37-95(52)6)80-68(107)51-32-44(36-94(51)5)79-60(103)21-16-26-77-66(105)49-33-46(38-92(49)3)81-71(110)63-86-55(42-98(63)9)89-73(112)65-87-56(43-99(65)10)90-72(111)64-84-53(40-96(64)7)83-61(104)23-28-76-58(101)19-12-11-15-25-74-57(100)20-14-13-18-48-24-31-113-114-48/h32-43,48H,11-31H2,1-10H3,(H,74,100)(H,75,102)(H,76,101)(H,77,105)(H,78,106)(H,79,103)(H,80,107)(H,81,110)(H,82,109)(H,83,104)(H,88,108)(H,89,112)(H,90,111). The van der Waals surface area contributed by atoms with Gasteiger partial charge in [-0.05, 0) is 89.9 Å². The van der Waals surface area contributed by atoms with Gasteiger partial charge >= 0.3 is 0 Å². The Kier molecular flexibility index (Phi) is 30.7. The highest BCUT2D eigenvalue weighted by Gasteiger charge is 2.26. The van der Waals surface area contributed by atoms with Crippen molar-refractivity contribution < 1.29 is 62.3 Å². The molecular weight excluding hydrogens is 1510 g/mol. The van der Waals surface area contributed by atoms with Gasteiger partial charge < -0.3 is 111 Å². The molecule has 1 aliphatic rings. The number of aromatic nitrogens is 12. The summed E-state index contributed by atoms with van der Waals surface area (Å²) in [5.74, 6) is -4.94. The van der Waals surface area contributed by atoms with Gasteiger partial charge in [-0.15, -0.1) is 0 Å². The fourth-order valence-electron chi connectivity index (χ4n) is 12.1. The first kappa shape index (κ1) is 85.7. The van der Waals surface area contributed by atoms with Crippen molar-refractivity contribution in [2.75, 3.05) is 102 Å². The average Bonchev–Trinajstić information content (AvgIpc) is 1.68. The summed E-state index contributed by atoms with van der Waals surface area (Å²) in [5.41, 5.74) is 1.90. The van der Waals surface area contributed by atoms with E-state index in [1.54, 1.807) is 54.7 Å². The summed E-state index contributed by atoms with van der Waals surface area (Å²) in [6.07, 6.45) is 20.3. The van der Waals surface area contributed by atoms with Crippen molar-refractivity contribution in [2.45, 2.75) is 95.1 Å². The van der Waals surface area contributed by atoms with Gasteiger partial charge in [0.25, 0.3) is 47.3 Å². The van der Waals surface area contributed by atoms with E-state index in [9.17, 15) is 62.3 Å². The molecule has 1 saturated heterocycles. The third-order valence-corrected chi connectivity index (χ3v) is 20.9. The summed E-state index contributed by atoms with van der Waals surface area (Å²) in [6.45, 7) is 2.25. The number of aryl methyl sites for hydroxylation is 8. The molecule has 1 atom stereocenters. The summed E-state index contributed by atoms with van der Waals surface area (Å²) in [4.78, 5) is 189. The molecule has 0 bridgehead atoms. The van der Waals surface area contributed by atoms with Crippen LogP contribution in [0.15, 0.2) is 73.8 Å². The molecule has 39 nitrogen and oxygen atoms in total. The lowest BCUT2D eigenvalue weighted by Crippen LogP contribution is -2.32. The van der Waals surface area contributed by atoms with Gasteiger partial charge in [-0.25, -0.2) is 19.9 Å². The second-order valence-corrected chi connectivity index (χ2v) is 30.5. The monoisotopic (exact) mass is 1610 g/mol. The quantitative estimate of drug-likeness (QED) is 0.0183. The minimum atomic E-state index is -0.728. The number of unbranched alkanes of at least 4 members (excludes halogenated alkanes) is 3. The summed E-state index contributed by atoms with van der Waals surface area (Å²) >= 11 is 0. The highest BCUT2D eigenvalue weighted by molar-refractivity contribution is 8.77. The molecule has 13 N–H and O–H groups in total. The van der Waals surface area contributed by atoms with Crippen molar-refractivity contribution in [2.24, 2.45) is 56.4 Å². The van der Waals surface area contributed by atoms with E-state index in [1.165, 1.54) is 124 Å². The predicted octanol–water partition coefficient (Wildman–Crippen LogP) is 4.66. The lowest BCUT2D eigenvalue weighted by Gasteiger charge is -2.10. The first-order valence-electron chi connectivity index (χ1n) is 37.0. The maximum Gasteiger partial charge on any atom is 0.292 e. The highest BCUT2D eigenvalue weighted by Crippen LogP contribution is 2.40. The largest absolute Gasteiger partial charge is 0.356 e. The van der Waals surface area contributed by atoms with Gasteiger partial charge in [-0.1, -0.05) is 34.4 Å². The Morgan fingerprint density at radius 3 is 1.15 bits per heavy atom. The van der Waals surface area contributed by atoms with E-state index in [2.05, 4.69) is 89.1 Å². The zero-order chi connectivity index (χ0) is 82.3. The topological polar surface area (TPSA) is 473 Å². The van der Waals surface area contributed by atoms with Crippen LogP contribution in [0.1, 0.15) is 174 Å². The number of rotatable bonds is 41. The van der Waals surface area contributed by atoms with Crippen LogP contribution < -0.4 is 69.1 Å². The van der Waals surface area contributed by atoms with Crippen LogP contribution >= 0.6 is 21.6 Å². The highest BCUT2D eigenvalue weighted by atomic mass is 33.1. The van der Waals surface area contributed by atoms with Gasteiger partial charge in [-0.3, -0.25) is 62.3 Å². The molecule has 0 radical (unpaired) electrons. The lowest BCUT2D eigenvalue weighted by molar-refractivity contribution is -0.122. The van der Waals surface area contributed by atoms with Crippen molar-refractivity contribution >= 4 is 144 Å². The van der Waals surface area contributed by atoms with Gasteiger partial charge in [0.1, 0.15) is 22.8 Å². The number of nitrogens with one attached hydrogen (secondary N) is 13. The fourth-order valence-corrected chi connectivity index (χ4v) is 15.1. The molecule has 13 amide bonds. The van der Waals surface area contributed by atoms with Crippen molar-refractivity contribution in [3.05, 3.63) is 120 Å². The third-order valence-electron chi connectivity index (χ3n) is 17.9. The van der Waals surface area contributed by atoms with Gasteiger partial charge in [0, 0.05) is 182 Å². The van der Waals surface area contributed by atoms with Gasteiger partial charge in [-0.2, -0.15) is 0 Å². The van der Waals surface area contributed by atoms with Crippen molar-refractivity contribution in [1.82, 2.24) is 88.0 Å². The predicted molar refractivity (Wildman–Crippen MR) is 430 cm³/mol. The Hall–Kier alpha value is -12.3. The maximum atomic E-state index is 13.5. The molecule has 0 aliphatic carbocycles. The molecule has 610 valence electrons. The van der Waals surface area contributed by atoms with Crippen LogP contribution in [0.5, 0.6) is 0 Å². The summed E-state index contributed by atoms with van der Waals surface area (Å²) < 4.78 is 11.6. The van der Waals surface area contributed by atoms with Crippen molar-refractivity contribution in [3.63, 3.8) is 0 Å². The minimum Gasteiger partial charge on any atom is -0.356 e. The summed E-state index contributed by atoms with van der Waals surface area (Å²) in [6, 6.07) is 5.86. The normalized spacial score (nSPS) is 12.4. The lowest BCUT2D eigenvalue weighted by atomic mass is 10.1. The number of hydrogen-bond acceptors (Lipinski definition) is 20. The van der Waals surface area contributed by atoms with Crippen molar-refractivity contribution in [3.8, 4) is 0 Å².